The molecule has 1 amide bonds. The highest BCUT2D eigenvalue weighted by atomic mass is 16.1. The van der Waals surface area contributed by atoms with Gasteiger partial charge in [0.05, 0.1) is 11.9 Å². The van der Waals surface area contributed by atoms with Crippen LogP contribution in [-0.4, -0.2) is 58.9 Å². The molecule has 0 aliphatic carbocycles. The van der Waals surface area contributed by atoms with Gasteiger partial charge in [-0.2, -0.15) is 0 Å². The van der Waals surface area contributed by atoms with Crippen molar-refractivity contribution in [3.8, 4) is 11.3 Å². The molecule has 0 saturated carbocycles. The second kappa shape index (κ2) is 8.84. The van der Waals surface area contributed by atoms with Crippen LogP contribution in [0.15, 0.2) is 42.9 Å². The molecule has 0 bridgehead atoms. The van der Waals surface area contributed by atoms with E-state index < -0.39 is 0 Å². The van der Waals surface area contributed by atoms with Crippen LogP contribution < -0.4 is 10.6 Å². The van der Waals surface area contributed by atoms with Crippen molar-refractivity contribution in [1.29, 1.82) is 0 Å². The Hall–Kier alpha value is -2.93. The van der Waals surface area contributed by atoms with Gasteiger partial charge in [0.15, 0.2) is 11.5 Å². The third-order valence-electron chi connectivity index (χ3n) is 4.37. The van der Waals surface area contributed by atoms with Crippen molar-refractivity contribution < 1.29 is 4.79 Å². The van der Waals surface area contributed by atoms with E-state index in [0.29, 0.717) is 18.0 Å². The average Bonchev–Trinajstić information content (AvgIpc) is 3.10. The van der Waals surface area contributed by atoms with E-state index in [4.69, 9.17) is 0 Å². The number of nitrogens with zero attached hydrogens (tertiary/aromatic N) is 4. The van der Waals surface area contributed by atoms with Gasteiger partial charge in [0.25, 0.3) is 5.91 Å². The molecule has 7 heteroatoms. The minimum Gasteiger partial charge on any atom is -0.367 e. The van der Waals surface area contributed by atoms with Crippen LogP contribution in [0.5, 0.6) is 0 Å². The van der Waals surface area contributed by atoms with Gasteiger partial charge >= 0.3 is 0 Å². The third-order valence-corrected chi connectivity index (χ3v) is 4.37. The lowest BCUT2D eigenvalue weighted by molar-refractivity contribution is 0.0951. The fourth-order valence-electron chi connectivity index (χ4n) is 2.87. The Morgan fingerprint density at radius 3 is 2.82 bits per heavy atom. The molecule has 0 saturated heterocycles. The molecule has 0 aliphatic rings. The van der Waals surface area contributed by atoms with Crippen molar-refractivity contribution in [3.05, 3.63) is 48.4 Å². The van der Waals surface area contributed by atoms with E-state index in [-0.39, 0.29) is 5.91 Å². The number of rotatable bonds is 8. The molecule has 7 nitrogen and oxygen atoms in total. The van der Waals surface area contributed by atoms with E-state index in [1.807, 2.05) is 60.1 Å². The molecule has 0 fully saturated rings. The summed E-state index contributed by atoms with van der Waals surface area (Å²) < 4.78 is 2.00. The summed E-state index contributed by atoms with van der Waals surface area (Å²) >= 11 is 0. The minimum absolute atomic E-state index is 0.0709. The maximum absolute atomic E-state index is 12.4. The maximum Gasteiger partial charge on any atom is 0.251 e. The standard InChI is InChI=1S/C21H28N6O/c1-15(2)13-24-19-20-25-14-18(27(20)11-9-22-19)16-6-5-7-17(12-16)21(28)23-8-10-26(3)4/h5-7,9,11-12,14-15H,8,10,13H2,1-4H3,(H,22,24)(H,23,28). The zero-order valence-electron chi connectivity index (χ0n) is 16.9. The number of fused-ring (bicyclic) bond motifs is 1. The summed E-state index contributed by atoms with van der Waals surface area (Å²) in [5.41, 5.74) is 3.28. The number of anilines is 1. The predicted molar refractivity (Wildman–Crippen MR) is 113 cm³/mol. The summed E-state index contributed by atoms with van der Waals surface area (Å²) in [6.45, 7) is 6.55. The van der Waals surface area contributed by atoms with Crippen LogP contribution in [0.25, 0.3) is 16.9 Å². The van der Waals surface area contributed by atoms with Gasteiger partial charge in [-0.05, 0) is 32.1 Å². The van der Waals surface area contributed by atoms with Crippen LogP contribution in [0.2, 0.25) is 0 Å². The number of amides is 1. The van der Waals surface area contributed by atoms with Crippen molar-refractivity contribution in [2.24, 2.45) is 5.92 Å². The molecular formula is C21H28N6O. The fourth-order valence-corrected chi connectivity index (χ4v) is 2.87. The molecule has 0 spiro atoms. The highest BCUT2D eigenvalue weighted by Crippen LogP contribution is 2.24. The lowest BCUT2D eigenvalue weighted by Crippen LogP contribution is -2.31. The highest BCUT2D eigenvalue weighted by Gasteiger charge is 2.12. The van der Waals surface area contributed by atoms with Gasteiger partial charge in [-0.25, -0.2) is 9.97 Å². The van der Waals surface area contributed by atoms with Gasteiger partial charge in [0.2, 0.25) is 0 Å². The Labute approximate surface area is 165 Å². The van der Waals surface area contributed by atoms with Gasteiger partial charge in [0.1, 0.15) is 0 Å². The van der Waals surface area contributed by atoms with E-state index in [1.165, 1.54) is 0 Å². The maximum atomic E-state index is 12.4. The first-order valence-corrected chi connectivity index (χ1v) is 9.55. The second-order valence-electron chi connectivity index (χ2n) is 7.53. The predicted octanol–water partition coefficient (Wildman–Crippen LogP) is 2.76. The topological polar surface area (TPSA) is 74.6 Å². The first-order chi connectivity index (χ1) is 13.5. The molecule has 1 aromatic carbocycles. The highest BCUT2D eigenvalue weighted by molar-refractivity contribution is 5.95. The SMILES string of the molecule is CC(C)CNc1nccn2c(-c3cccc(C(=O)NCCN(C)C)c3)cnc12. The van der Waals surface area contributed by atoms with Crippen molar-refractivity contribution in [2.75, 3.05) is 39.0 Å². The van der Waals surface area contributed by atoms with E-state index in [0.717, 1.165) is 35.8 Å². The third kappa shape index (κ3) is 4.67. The van der Waals surface area contributed by atoms with Gasteiger partial charge in [-0.3, -0.25) is 9.20 Å². The summed E-state index contributed by atoms with van der Waals surface area (Å²) in [6, 6.07) is 7.61. The number of hydrogen-bond acceptors (Lipinski definition) is 5. The zero-order valence-corrected chi connectivity index (χ0v) is 16.9. The summed E-state index contributed by atoms with van der Waals surface area (Å²) in [5.74, 6) is 1.21. The number of aromatic nitrogens is 3. The molecule has 0 aliphatic heterocycles. The van der Waals surface area contributed by atoms with Crippen molar-refractivity contribution in [3.63, 3.8) is 0 Å². The lowest BCUT2D eigenvalue weighted by Gasteiger charge is -2.11. The Balaban J connectivity index is 1.85. The fraction of sp³-hybridized carbons (Fsp3) is 0.381. The summed E-state index contributed by atoms with van der Waals surface area (Å²) in [5, 5.41) is 6.30. The lowest BCUT2D eigenvalue weighted by atomic mass is 10.1. The molecule has 148 valence electrons. The summed E-state index contributed by atoms with van der Waals surface area (Å²) in [6.07, 6.45) is 5.47. The molecule has 0 unspecified atom stereocenters. The zero-order chi connectivity index (χ0) is 20.1. The second-order valence-corrected chi connectivity index (χ2v) is 7.53. The Morgan fingerprint density at radius 1 is 1.25 bits per heavy atom. The van der Waals surface area contributed by atoms with E-state index in [1.54, 1.807) is 6.20 Å². The van der Waals surface area contributed by atoms with Gasteiger partial charge in [-0.15, -0.1) is 0 Å². The summed E-state index contributed by atoms with van der Waals surface area (Å²) in [4.78, 5) is 23.4. The van der Waals surface area contributed by atoms with Gasteiger partial charge in [-0.1, -0.05) is 26.0 Å². The van der Waals surface area contributed by atoms with Crippen LogP contribution in [0, 0.1) is 5.92 Å². The van der Waals surface area contributed by atoms with Gasteiger partial charge < -0.3 is 15.5 Å². The first-order valence-electron chi connectivity index (χ1n) is 9.55. The molecule has 2 N–H and O–H groups in total. The number of carbonyl (C=O) groups is 1. The van der Waals surface area contributed by atoms with Crippen LogP contribution in [0.1, 0.15) is 24.2 Å². The first kappa shape index (κ1) is 19.8. The van der Waals surface area contributed by atoms with Crippen molar-refractivity contribution >= 4 is 17.4 Å². The monoisotopic (exact) mass is 380 g/mol. The number of likely N-dealkylation sites (N-methyl/N-ethyl adjacent to an activating group) is 1. The Kier molecular flexibility index (Phi) is 6.26. The molecule has 0 atom stereocenters. The van der Waals surface area contributed by atoms with Crippen LogP contribution in [-0.2, 0) is 0 Å². The van der Waals surface area contributed by atoms with Crippen LogP contribution in [0.4, 0.5) is 5.82 Å². The number of imidazole rings is 1. The quantitative estimate of drug-likeness (QED) is 0.629. The van der Waals surface area contributed by atoms with E-state index in [9.17, 15) is 4.79 Å². The van der Waals surface area contributed by atoms with Crippen molar-refractivity contribution in [1.82, 2.24) is 24.6 Å². The number of nitrogens with one attached hydrogen (secondary N) is 2. The van der Waals surface area contributed by atoms with Crippen molar-refractivity contribution in [2.45, 2.75) is 13.8 Å². The van der Waals surface area contributed by atoms with Crippen LogP contribution in [0.3, 0.4) is 0 Å². The number of hydrogen-bond donors (Lipinski definition) is 2. The molecule has 0 radical (unpaired) electrons. The number of benzene rings is 1. The normalized spacial score (nSPS) is 11.4. The van der Waals surface area contributed by atoms with Gasteiger partial charge in [0, 0.05) is 43.2 Å². The van der Waals surface area contributed by atoms with Crippen LogP contribution >= 0.6 is 0 Å². The Bertz CT molecular complexity index is 947. The van der Waals surface area contributed by atoms with E-state index >= 15 is 0 Å². The molecular weight excluding hydrogens is 352 g/mol. The summed E-state index contributed by atoms with van der Waals surface area (Å²) in [7, 11) is 3.97. The molecule has 3 rings (SSSR count). The molecule has 2 heterocycles. The largest absolute Gasteiger partial charge is 0.367 e. The molecule has 3 aromatic rings. The van der Waals surface area contributed by atoms with E-state index in [2.05, 4.69) is 34.4 Å². The molecule has 2 aromatic heterocycles. The average molecular weight is 380 g/mol. The Morgan fingerprint density at radius 2 is 2.07 bits per heavy atom. The molecule has 28 heavy (non-hydrogen) atoms. The number of carbonyl (C=O) groups excluding carboxylic acids is 1. The smallest absolute Gasteiger partial charge is 0.251 e. The minimum atomic E-state index is -0.0709.